The topological polar surface area (TPSA) is 68.6 Å². The van der Waals surface area contributed by atoms with E-state index in [0.29, 0.717) is 5.56 Å². The number of ether oxygens (including phenoxy) is 3. The summed E-state index contributed by atoms with van der Waals surface area (Å²) in [6.45, 7) is -1.17. The lowest BCUT2D eigenvalue weighted by Crippen LogP contribution is -2.10. The van der Waals surface area contributed by atoms with Crippen LogP contribution in [0.2, 0.25) is 0 Å². The second kappa shape index (κ2) is 7.28. The molecule has 0 fully saturated rings. The molecule has 0 bridgehead atoms. The quantitative estimate of drug-likeness (QED) is 0.750. The van der Waals surface area contributed by atoms with Crippen LogP contribution in [0, 0.1) is 11.3 Å². The summed E-state index contributed by atoms with van der Waals surface area (Å²) < 4.78 is 38.4. The summed E-state index contributed by atoms with van der Waals surface area (Å²) in [5, 5.41) is 9.00. The molecule has 0 amide bonds. The molecule has 0 spiro atoms. The molecule has 0 radical (unpaired) electrons. The first-order valence-corrected chi connectivity index (χ1v) is 5.73. The van der Waals surface area contributed by atoms with Crippen molar-refractivity contribution in [3.63, 3.8) is 0 Å². The fourth-order valence-corrected chi connectivity index (χ4v) is 1.57. The molecule has 20 heavy (non-hydrogen) atoms. The minimum Gasteiger partial charge on any atom is -0.493 e. The van der Waals surface area contributed by atoms with E-state index in [1.165, 1.54) is 13.2 Å². The second-order valence-electron chi connectivity index (χ2n) is 3.63. The first-order valence-electron chi connectivity index (χ1n) is 5.73. The summed E-state index contributed by atoms with van der Waals surface area (Å²) in [5.41, 5.74) is 0.374. The van der Waals surface area contributed by atoms with E-state index >= 15 is 0 Å². The zero-order chi connectivity index (χ0) is 15.1. The van der Waals surface area contributed by atoms with Crippen LogP contribution in [-0.4, -0.2) is 26.3 Å². The van der Waals surface area contributed by atoms with Gasteiger partial charge in [-0.15, -0.1) is 0 Å². The predicted molar refractivity (Wildman–Crippen MR) is 64.7 cm³/mol. The Kier molecular flexibility index (Phi) is 5.72. The van der Waals surface area contributed by atoms with Gasteiger partial charge < -0.3 is 14.2 Å². The molecule has 0 heterocycles. The third-order valence-corrected chi connectivity index (χ3v) is 2.37. The SMILES string of the molecule is CCOC(=O)Cc1cc(OC)c(OC(F)F)cc1C#N. The molecule has 0 aliphatic carbocycles. The number of rotatable bonds is 6. The van der Waals surface area contributed by atoms with Gasteiger partial charge in [0.15, 0.2) is 11.5 Å². The highest BCUT2D eigenvalue weighted by molar-refractivity contribution is 5.74. The average molecular weight is 285 g/mol. The summed E-state index contributed by atoms with van der Waals surface area (Å²) >= 11 is 0. The smallest absolute Gasteiger partial charge is 0.387 e. The number of nitrogens with zero attached hydrogens (tertiary/aromatic N) is 1. The standard InChI is InChI=1S/C13H13F2NO4/c1-3-19-12(17)6-8-4-10(18-2)11(20-13(14)15)5-9(8)7-16/h4-5,13H,3,6H2,1-2H3. The number of methoxy groups -OCH3 is 1. The van der Waals surface area contributed by atoms with Crippen LogP contribution >= 0.6 is 0 Å². The van der Waals surface area contributed by atoms with E-state index < -0.39 is 12.6 Å². The lowest BCUT2D eigenvalue weighted by Gasteiger charge is -2.12. The van der Waals surface area contributed by atoms with Crippen molar-refractivity contribution in [1.82, 2.24) is 0 Å². The van der Waals surface area contributed by atoms with E-state index in [1.54, 1.807) is 6.92 Å². The fourth-order valence-electron chi connectivity index (χ4n) is 1.57. The number of carbonyl (C=O) groups is 1. The predicted octanol–water partition coefficient (Wildman–Crippen LogP) is 2.27. The minimum absolute atomic E-state index is 0.0172. The van der Waals surface area contributed by atoms with Crippen molar-refractivity contribution in [3.8, 4) is 17.6 Å². The van der Waals surface area contributed by atoms with Gasteiger partial charge in [0, 0.05) is 6.07 Å². The molecule has 0 aliphatic rings. The van der Waals surface area contributed by atoms with Crippen LogP contribution in [0.1, 0.15) is 18.1 Å². The van der Waals surface area contributed by atoms with Crippen molar-refractivity contribution >= 4 is 5.97 Å². The highest BCUT2D eigenvalue weighted by atomic mass is 19.3. The number of carbonyl (C=O) groups excluding carboxylic acids is 1. The summed E-state index contributed by atoms with van der Waals surface area (Å²) in [7, 11) is 1.27. The van der Waals surface area contributed by atoms with Gasteiger partial charge in [-0.05, 0) is 18.6 Å². The van der Waals surface area contributed by atoms with E-state index in [-0.39, 0.29) is 30.1 Å². The minimum atomic E-state index is -3.04. The van der Waals surface area contributed by atoms with Crippen molar-refractivity contribution in [2.45, 2.75) is 20.0 Å². The third kappa shape index (κ3) is 4.09. The molecule has 0 aliphatic heterocycles. The maximum atomic E-state index is 12.2. The van der Waals surface area contributed by atoms with Gasteiger partial charge in [-0.25, -0.2) is 0 Å². The molecule has 108 valence electrons. The van der Waals surface area contributed by atoms with E-state index in [9.17, 15) is 13.6 Å². The van der Waals surface area contributed by atoms with Crippen LogP contribution in [0.25, 0.3) is 0 Å². The van der Waals surface area contributed by atoms with Crippen LogP contribution in [0.15, 0.2) is 12.1 Å². The van der Waals surface area contributed by atoms with Gasteiger partial charge in [0.25, 0.3) is 0 Å². The number of benzene rings is 1. The number of hydrogen-bond acceptors (Lipinski definition) is 5. The van der Waals surface area contributed by atoms with Crippen molar-refractivity contribution in [3.05, 3.63) is 23.3 Å². The normalized spacial score (nSPS) is 10.0. The first-order chi connectivity index (χ1) is 9.51. The van der Waals surface area contributed by atoms with Gasteiger partial charge in [0.2, 0.25) is 0 Å². The van der Waals surface area contributed by atoms with Crippen LogP contribution in [0.4, 0.5) is 8.78 Å². The molecule has 7 heteroatoms. The Balaban J connectivity index is 3.12. The summed E-state index contributed by atoms with van der Waals surface area (Å²) in [6.07, 6.45) is -0.151. The Hall–Kier alpha value is -2.36. The number of alkyl halides is 2. The zero-order valence-corrected chi connectivity index (χ0v) is 11.0. The fraction of sp³-hybridized carbons (Fsp3) is 0.385. The summed E-state index contributed by atoms with van der Waals surface area (Å²) in [5.74, 6) is -0.760. The average Bonchev–Trinajstić information content (AvgIpc) is 2.39. The monoisotopic (exact) mass is 285 g/mol. The van der Waals surface area contributed by atoms with Crippen molar-refractivity contribution < 1.29 is 27.8 Å². The second-order valence-corrected chi connectivity index (χ2v) is 3.63. The van der Waals surface area contributed by atoms with Gasteiger partial charge in [-0.3, -0.25) is 4.79 Å². The van der Waals surface area contributed by atoms with Gasteiger partial charge >= 0.3 is 12.6 Å². The Bertz CT molecular complexity index is 526. The molecule has 0 aromatic heterocycles. The van der Waals surface area contributed by atoms with Crippen LogP contribution < -0.4 is 9.47 Å². The van der Waals surface area contributed by atoms with Crippen LogP contribution in [0.5, 0.6) is 11.5 Å². The maximum absolute atomic E-state index is 12.2. The van der Waals surface area contributed by atoms with E-state index in [0.717, 1.165) is 6.07 Å². The lowest BCUT2D eigenvalue weighted by molar-refractivity contribution is -0.142. The molecule has 0 N–H and O–H groups in total. The lowest BCUT2D eigenvalue weighted by atomic mass is 10.0. The van der Waals surface area contributed by atoms with E-state index in [4.69, 9.17) is 14.7 Å². The van der Waals surface area contributed by atoms with Gasteiger partial charge in [-0.1, -0.05) is 0 Å². The van der Waals surface area contributed by atoms with Gasteiger partial charge in [0.05, 0.1) is 31.8 Å². The van der Waals surface area contributed by atoms with Crippen molar-refractivity contribution in [2.75, 3.05) is 13.7 Å². The van der Waals surface area contributed by atoms with Crippen molar-refractivity contribution in [2.24, 2.45) is 0 Å². The molecule has 0 atom stereocenters. The van der Waals surface area contributed by atoms with Crippen LogP contribution in [0.3, 0.4) is 0 Å². The number of hydrogen-bond donors (Lipinski definition) is 0. The van der Waals surface area contributed by atoms with Gasteiger partial charge in [-0.2, -0.15) is 14.0 Å². The largest absolute Gasteiger partial charge is 0.493 e. The Morgan fingerprint density at radius 1 is 1.40 bits per heavy atom. The molecule has 1 rings (SSSR count). The van der Waals surface area contributed by atoms with Crippen LogP contribution in [-0.2, 0) is 16.0 Å². The summed E-state index contributed by atoms with van der Waals surface area (Å²) in [6, 6.07) is 4.24. The number of halogens is 2. The molecule has 0 saturated carbocycles. The molecule has 1 aromatic carbocycles. The molecule has 0 unspecified atom stereocenters. The molecular formula is C13H13F2NO4. The number of esters is 1. The van der Waals surface area contributed by atoms with Crippen molar-refractivity contribution in [1.29, 1.82) is 5.26 Å². The first kappa shape index (κ1) is 15.7. The van der Waals surface area contributed by atoms with E-state index in [2.05, 4.69) is 4.74 Å². The van der Waals surface area contributed by atoms with Gasteiger partial charge in [0.1, 0.15) is 0 Å². The molecular weight excluding hydrogens is 272 g/mol. The zero-order valence-electron chi connectivity index (χ0n) is 11.0. The molecule has 0 saturated heterocycles. The Morgan fingerprint density at radius 3 is 2.60 bits per heavy atom. The Labute approximate surface area is 114 Å². The molecule has 1 aromatic rings. The maximum Gasteiger partial charge on any atom is 0.387 e. The number of nitriles is 1. The highest BCUT2D eigenvalue weighted by Crippen LogP contribution is 2.32. The highest BCUT2D eigenvalue weighted by Gasteiger charge is 2.17. The molecule has 5 nitrogen and oxygen atoms in total. The van der Waals surface area contributed by atoms with E-state index in [1.807, 2.05) is 6.07 Å². The summed E-state index contributed by atoms with van der Waals surface area (Å²) in [4.78, 5) is 11.4. The third-order valence-electron chi connectivity index (χ3n) is 2.37. The Morgan fingerprint density at radius 2 is 2.10 bits per heavy atom.